The molecule has 0 aliphatic rings. The van der Waals surface area contributed by atoms with E-state index >= 15 is 0 Å². The average molecular weight is 352 g/mol. The van der Waals surface area contributed by atoms with Crippen LogP contribution in [0, 0.1) is 12.7 Å². The van der Waals surface area contributed by atoms with Crippen LogP contribution in [0.1, 0.15) is 47.6 Å². The standard InChI is InChI=1S/C20H21FN4O/c1-3-5-17(13-8-10-14(21)11-9-13)25-20-16-7-4-6-15(19(22)26)18(16)23-12(2)24-20/h4,6-11,17H,3,5H2,1-2H3,(H2,22,26)(H,23,24,25)/t17-/m1/s1. The van der Waals surface area contributed by atoms with Gasteiger partial charge in [-0.2, -0.15) is 0 Å². The number of nitrogens with one attached hydrogen (secondary N) is 1. The van der Waals surface area contributed by atoms with Gasteiger partial charge in [0, 0.05) is 5.39 Å². The molecule has 5 nitrogen and oxygen atoms in total. The molecule has 0 saturated carbocycles. The minimum Gasteiger partial charge on any atom is -0.366 e. The van der Waals surface area contributed by atoms with Gasteiger partial charge in [-0.1, -0.05) is 31.5 Å². The van der Waals surface area contributed by atoms with E-state index in [0.29, 0.717) is 22.7 Å². The van der Waals surface area contributed by atoms with Crippen molar-refractivity contribution in [1.29, 1.82) is 0 Å². The first-order valence-electron chi connectivity index (χ1n) is 8.58. The third kappa shape index (κ3) is 3.64. The molecule has 0 unspecified atom stereocenters. The molecule has 0 fully saturated rings. The number of anilines is 1. The molecule has 2 aromatic carbocycles. The lowest BCUT2D eigenvalue weighted by Crippen LogP contribution is -2.15. The van der Waals surface area contributed by atoms with Crippen molar-refractivity contribution in [2.75, 3.05) is 5.32 Å². The fourth-order valence-corrected chi connectivity index (χ4v) is 3.04. The molecule has 1 amide bonds. The number of nitrogens with two attached hydrogens (primary N) is 1. The number of rotatable bonds is 6. The third-order valence-corrected chi connectivity index (χ3v) is 4.26. The molecule has 134 valence electrons. The second kappa shape index (κ2) is 7.47. The number of para-hydroxylation sites is 1. The summed E-state index contributed by atoms with van der Waals surface area (Å²) in [5.41, 5.74) is 7.35. The number of carbonyl (C=O) groups is 1. The Morgan fingerprint density at radius 1 is 1.19 bits per heavy atom. The van der Waals surface area contributed by atoms with E-state index in [9.17, 15) is 9.18 Å². The van der Waals surface area contributed by atoms with E-state index in [1.807, 2.05) is 6.07 Å². The van der Waals surface area contributed by atoms with Gasteiger partial charge in [-0.25, -0.2) is 14.4 Å². The molecule has 0 aliphatic heterocycles. The molecular formula is C20H21FN4O. The number of carbonyl (C=O) groups excluding carboxylic acids is 1. The van der Waals surface area contributed by atoms with E-state index in [2.05, 4.69) is 22.2 Å². The number of hydrogen-bond donors (Lipinski definition) is 2. The second-order valence-corrected chi connectivity index (χ2v) is 6.22. The minimum absolute atomic E-state index is 0.0321. The molecule has 3 N–H and O–H groups in total. The molecule has 3 rings (SSSR count). The Morgan fingerprint density at radius 2 is 1.92 bits per heavy atom. The molecule has 0 aliphatic carbocycles. The fraction of sp³-hybridized carbons (Fsp3) is 0.250. The Morgan fingerprint density at radius 3 is 2.58 bits per heavy atom. The van der Waals surface area contributed by atoms with Gasteiger partial charge in [0.15, 0.2) is 0 Å². The maximum absolute atomic E-state index is 13.3. The van der Waals surface area contributed by atoms with Crippen LogP contribution in [0.2, 0.25) is 0 Å². The summed E-state index contributed by atoms with van der Waals surface area (Å²) >= 11 is 0. The fourth-order valence-electron chi connectivity index (χ4n) is 3.04. The Labute approximate surface area is 151 Å². The van der Waals surface area contributed by atoms with Crippen LogP contribution in [-0.2, 0) is 0 Å². The van der Waals surface area contributed by atoms with Crippen LogP contribution in [0.5, 0.6) is 0 Å². The quantitative estimate of drug-likeness (QED) is 0.699. The van der Waals surface area contributed by atoms with Gasteiger partial charge in [-0.3, -0.25) is 4.79 Å². The maximum atomic E-state index is 13.3. The largest absolute Gasteiger partial charge is 0.366 e. The number of halogens is 1. The van der Waals surface area contributed by atoms with E-state index < -0.39 is 5.91 Å². The summed E-state index contributed by atoms with van der Waals surface area (Å²) in [6.07, 6.45) is 1.80. The zero-order chi connectivity index (χ0) is 18.7. The summed E-state index contributed by atoms with van der Waals surface area (Å²) in [5.74, 6) is 0.392. The van der Waals surface area contributed by atoms with Crippen LogP contribution in [0.25, 0.3) is 10.9 Å². The lowest BCUT2D eigenvalue weighted by Gasteiger charge is -2.21. The van der Waals surface area contributed by atoms with Crippen molar-refractivity contribution in [3.8, 4) is 0 Å². The van der Waals surface area contributed by atoms with E-state index in [1.54, 1.807) is 31.2 Å². The maximum Gasteiger partial charge on any atom is 0.250 e. The number of hydrogen-bond acceptors (Lipinski definition) is 4. The lowest BCUT2D eigenvalue weighted by molar-refractivity contribution is 0.100. The molecule has 3 aromatic rings. The predicted octanol–water partition coefficient (Wildman–Crippen LogP) is 4.13. The first-order chi connectivity index (χ1) is 12.5. The zero-order valence-electron chi connectivity index (χ0n) is 14.8. The van der Waals surface area contributed by atoms with Crippen LogP contribution < -0.4 is 11.1 Å². The minimum atomic E-state index is -0.525. The van der Waals surface area contributed by atoms with Gasteiger partial charge >= 0.3 is 0 Å². The van der Waals surface area contributed by atoms with Gasteiger partial charge in [-0.15, -0.1) is 0 Å². The Balaban J connectivity index is 2.07. The van der Waals surface area contributed by atoms with Gasteiger partial charge in [0.25, 0.3) is 5.91 Å². The number of fused-ring (bicyclic) bond motifs is 1. The number of nitrogens with zero attached hydrogens (tertiary/aromatic N) is 2. The lowest BCUT2D eigenvalue weighted by atomic mass is 10.0. The van der Waals surface area contributed by atoms with Crippen LogP contribution >= 0.6 is 0 Å². The van der Waals surface area contributed by atoms with Crippen molar-refractivity contribution in [1.82, 2.24) is 9.97 Å². The van der Waals surface area contributed by atoms with E-state index in [0.717, 1.165) is 23.8 Å². The summed E-state index contributed by atoms with van der Waals surface area (Å²) in [7, 11) is 0. The highest BCUT2D eigenvalue weighted by atomic mass is 19.1. The Hall–Kier alpha value is -3.02. The summed E-state index contributed by atoms with van der Waals surface area (Å²) in [6.45, 7) is 3.86. The van der Waals surface area contributed by atoms with E-state index in [1.165, 1.54) is 12.1 Å². The number of amides is 1. The molecule has 6 heteroatoms. The number of aryl methyl sites for hydroxylation is 1. The van der Waals surface area contributed by atoms with Crippen LogP contribution in [0.15, 0.2) is 42.5 Å². The van der Waals surface area contributed by atoms with Crippen molar-refractivity contribution in [2.24, 2.45) is 5.73 Å². The van der Waals surface area contributed by atoms with Crippen LogP contribution in [0.4, 0.5) is 10.2 Å². The summed E-state index contributed by atoms with van der Waals surface area (Å²) in [6, 6.07) is 11.7. The molecule has 0 saturated heterocycles. The van der Waals surface area contributed by atoms with Crippen molar-refractivity contribution in [3.63, 3.8) is 0 Å². The highest BCUT2D eigenvalue weighted by molar-refractivity contribution is 6.07. The monoisotopic (exact) mass is 352 g/mol. The number of aromatic nitrogens is 2. The van der Waals surface area contributed by atoms with E-state index in [4.69, 9.17) is 5.73 Å². The second-order valence-electron chi connectivity index (χ2n) is 6.22. The summed E-state index contributed by atoms with van der Waals surface area (Å²) in [4.78, 5) is 20.6. The molecule has 0 bridgehead atoms. The first kappa shape index (κ1) is 17.8. The number of primary amides is 1. The van der Waals surface area contributed by atoms with Crippen LogP contribution in [-0.4, -0.2) is 15.9 Å². The third-order valence-electron chi connectivity index (χ3n) is 4.26. The van der Waals surface area contributed by atoms with Gasteiger partial charge < -0.3 is 11.1 Å². The van der Waals surface area contributed by atoms with Crippen molar-refractivity contribution in [3.05, 3.63) is 65.2 Å². The topological polar surface area (TPSA) is 80.9 Å². The van der Waals surface area contributed by atoms with Gasteiger partial charge in [0.2, 0.25) is 0 Å². The normalized spacial score (nSPS) is 12.1. The Kier molecular flexibility index (Phi) is 5.11. The Bertz CT molecular complexity index is 940. The van der Waals surface area contributed by atoms with Crippen molar-refractivity contribution >= 4 is 22.6 Å². The average Bonchev–Trinajstić information content (AvgIpc) is 2.61. The summed E-state index contributed by atoms with van der Waals surface area (Å²) in [5, 5.41) is 4.17. The van der Waals surface area contributed by atoms with Gasteiger partial charge in [-0.05, 0) is 43.2 Å². The highest BCUT2D eigenvalue weighted by Crippen LogP contribution is 2.29. The molecule has 0 spiro atoms. The molecule has 26 heavy (non-hydrogen) atoms. The van der Waals surface area contributed by atoms with E-state index in [-0.39, 0.29) is 11.9 Å². The molecule has 1 atom stereocenters. The molecule has 1 aromatic heterocycles. The van der Waals surface area contributed by atoms with Crippen LogP contribution in [0.3, 0.4) is 0 Å². The molecular weight excluding hydrogens is 331 g/mol. The van der Waals surface area contributed by atoms with Crippen molar-refractivity contribution < 1.29 is 9.18 Å². The zero-order valence-corrected chi connectivity index (χ0v) is 14.8. The SMILES string of the molecule is CCC[C@@H](Nc1nc(C)nc2c(C(N)=O)cccc12)c1ccc(F)cc1. The smallest absolute Gasteiger partial charge is 0.250 e. The van der Waals surface area contributed by atoms with Gasteiger partial charge in [0.05, 0.1) is 17.1 Å². The first-order valence-corrected chi connectivity index (χ1v) is 8.58. The number of benzene rings is 2. The molecule has 1 heterocycles. The summed E-state index contributed by atoms with van der Waals surface area (Å²) < 4.78 is 13.3. The van der Waals surface area contributed by atoms with Gasteiger partial charge in [0.1, 0.15) is 17.5 Å². The van der Waals surface area contributed by atoms with Crippen molar-refractivity contribution in [2.45, 2.75) is 32.7 Å². The molecule has 0 radical (unpaired) electrons. The highest BCUT2D eigenvalue weighted by Gasteiger charge is 2.16. The predicted molar refractivity (Wildman–Crippen MR) is 100 cm³/mol.